The lowest BCUT2D eigenvalue weighted by Crippen LogP contribution is -2.21. The van der Waals surface area contributed by atoms with Gasteiger partial charge >= 0.3 is 0 Å². The molecule has 21 heavy (non-hydrogen) atoms. The van der Waals surface area contributed by atoms with Crippen LogP contribution >= 0.6 is 19.2 Å². The molecule has 0 saturated carbocycles. The Kier molecular flexibility index (Phi) is 6.53. The van der Waals surface area contributed by atoms with Crippen molar-refractivity contribution in [2.75, 3.05) is 13.9 Å². The van der Waals surface area contributed by atoms with E-state index in [1.165, 1.54) is 16.7 Å². The molecular formula is C17H28ClO2P. The topological polar surface area (TPSA) is 18.5 Å². The average molecular weight is 331 g/mol. The normalized spacial score (nSPS) is 15.4. The molecule has 0 fully saturated rings. The second-order valence-corrected chi connectivity index (χ2v) is 8.63. The van der Waals surface area contributed by atoms with Crippen LogP contribution in [-0.2, 0) is 15.3 Å². The second kappa shape index (κ2) is 7.31. The zero-order valence-electron chi connectivity index (χ0n) is 14.3. The molecule has 2 unspecified atom stereocenters. The van der Waals surface area contributed by atoms with Gasteiger partial charge in [0.25, 0.3) is 0 Å². The minimum Gasteiger partial charge on any atom is -0.467 e. The van der Waals surface area contributed by atoms with Crippen LogP contribution in [0, 0.1) is 6.92 Å². The van der Waals surface area contributed by atoms with E-state index in [1.807, 2.05) is 0 Å². The van der Waals surface area contributed by atoms with E-state index in [-0.39, 0.29) is 17.4 Å². The molecule has 0 aliphatic rings. The molecule has 0 bridgehead atoms. The van der Waals surface area contributed by atoms with Crippen LogP contribution in [0.4, 0.5) is 0 Å². The Hall–Kier alpha value is -0.300. The molecule has 0 N–H and O–H groups in total. The van der Waals surface area contributed by atoms with Crippen molar-refractivity contribution < 1.29 is 9.47 Å². The van der Waals surface area contributed by atoms with Gasteiger partial charge in [-0.3, -0.25) is 0 Å². The molecule has 0 aliphatic carbocycles. The number of aryl methyl sites for hydroxylation is 1. The van der Waals surface area contributed by atoms with Crippen molar-refractivity contribution in [3.05, 3.63) is 28.8 Å². The summed E-state index contributed by atoms with van der Waals surface area (Å²) in [5, 5.41) is -0.0728. The van der Waals surface area contributed by atoms with Crippen molar-refractivity contribution in [3.63, 3.8) is 0 Å². The lowest BCUT2D eigenvalue weighted by Gasteiger charge is -2.32. The molecule has 0 amide bonds. The summed E-state index contributed by atoms with van der Waals surface area (Å²) in [7, 11) is 1.95. The Morgan fingerprint density at radius 1 is 1.14 bits per heavy atom. The molecule has 2 atom stereocenters. The Bertz CT molecular complexity index is 476. The summed E-state index contributed by atoms with van der Waals surface area (Å²) in [4.78, 5) is 0. The summed E-state index contributed by atoms with van der Waals surface area (Å²) in [6.45, 7) is 13.4. The molecule has 1 aromatic carbocycles. The smallest absolute Gasteiger partial charge is 0.188 e. The highest BCUT2D eigenvalue weighted by Crippen LogP contribution is 2.52. The van der Waals surface area contributed by atoms with E-state index in [4.69, 9.17) is 20.7 Å². The van der Waals surface area contributed by atoms with E-state index in [0.717, 1.165) is 12.2 Å². The van der Waals surface area contributed by atoms with E-state index in [0.29, 0.717) is 7.93 Å². The summed E-state index contributed by atoms with van der Waals surface area (Å²) in [6, 6.07) is 4.42. The standard InChI is InChI=1S/C17H28ClO2P/c1-8-17(6,21-18)14-10-12(2)9-13(16(3,4)5)15(14)20-11-19-7/h9-10,21H,8,11H2,1-7H3. The van der Waals surface area contributed by atoms with E-state index >= 15 is 0 Å². The third kappa shape index (κ3) is 4.34. The molecule has 0 radical (unpaired) electrons. The largest absolute Gasteiger partial charge is 0.467 e. The van der Waals surface area contributed by atoms with E-state index in [2.05, 4.69) is 53.7 Å². The highest BCUT2D eigenvalue weighted by Gasteiger charge is 2.32. The first-order valence-electron chi connectivity index (χ1n) is 7.34. The molecule has 120 valence electrons. The van der Waals surface area contributed by atoms with Crippen LogP contribution in [0.15, 0.2) is 12.1 Å². The number of hydrogen-bond donors (Lipinski definition) is 0. The fourth-order valence-corrected chi connectivity index (χ4v) is 3.45. The third-order valence-corrected chi connectivity index (χ3v) is 6.16. The van der Waals surface area contributed by atoms with Gasteiger partial charge in [0.1, 0.15) is 5.75 Å². The Labute approximate surface area is 136 Å². The van der Waals surface area contributed by atoms with Crippen molar-refractivity contribution in [2.45, 2.75) is 58.5 Å². The Morgan fingerprint density at radius 2 is 1.71 bits per heavy atom. The van der Waals surface area contributed by atoms with Crippen molar-refractivity contribution in [2.24, 2.45) is 0 Å². The minimum absolute atomic E-state index is 0.00786. The molecule has 0 aliphatic heterocycles. The molecular weight excluding hydrogens is 303 g/mol. The molecule has 0 spiro atoms. The van der Waals surface area contributed by atoms with Crippen LogP contribution in [0.25, 0.3) is 0 Å². The van der Waals surface area contributed by atoms with Crippen molar-refractivity contribution >= 4 is 19.2 Å². The van der Waals surface area contributed by atoms with Crippen LogP contribution in [0.3, 0.4) is 0 Å². The van der Waals surface area contributed by atoms with Crippen molar-refractivity contribution in [3.8, 4) is 5.75 Å². The van der Waals surface area contributed by atoms with Crippen LogP contribution in [0.2, 0.25) is 0 Å². The molecule has 0 saturated heterocycles. The van der Waals surface area contributed by atoms with Crippen molar-refractivity contribution in [1.82, 2.24) is 0 Å². The van der Waals surface area contributed by atoms with Crippen LogP contribution in [0.1, 0.15) is 57.7 Å². The summed E-state index contributed by atoms with van der Waals surface area (Å²) in [5.41, 5.74) is 3.66. The van der Waals surface area contributed by atoms with Gasteiger partial charge in [-0.1, -0.05) is 63.6 Å². The van der Waals surface area contributed by atoms with Gasteiger partial charge in [-0.05, 0) is 26.7 Å². The molecule has 1 rings (SSSR count). The fourth-order valence-electron chi connectivity index (χ4n) is 2.32. The number of ether oxygens (including phenoxy) is 2. The van der Waals surface area contributed by atoms with Gasteiger partial charge in [0, 0.05) is 23.4 Å². The molecule has 0 heterocycles. The van der Waals surface area contributed by atoms with Crippen molar-refractivity contribution in [1.29, 1.82) is 0 Å². The first kappa shape index (κ1) is 18.7. The van der Waals surface area contributed by atoms with Crippen LogP contribution in [-0.4, -0.2) is 13.9 Å². The van der Waals surface area contributed by atoms with E-state index in [1.54, 1.807) is 7.11 Å². The lowest BCUT2D eigenvalue weighted by molar-refractivity contribution is 0.0487. The number of rotatable bonds is 6. The molecule has 1 aromatic rings. The van der Waals surface area contributed by atoms with Gasteiger partial charge in [0.05, 0.1) is 0 Å². The quantitative estimate of drug-likeness (QED) is 0.489. The summed E-state index contributed by atoms with van der Waals surface area (Å²) >= 11 is 6.31. The maximum atomic E-state index is 6.31. The van der Waals surface area contributed by atoms with Gasteiger partial charge in [0.15, 0.2) is 6.79 Å². The maximum Gasteiger partial charge on any atom is 0.188 e. The van der Waals surface area contributed by atoms with Crippen LogP contribution < -0.4 is 4.74 Å². The van der Waals surface area contributed by atoms with Crippen LogP contribution in [0.5, 0.6) is 5.75 Å². The average Bonchev–Trinajstić information content (AvgIpc) is 2.43. The van der Waals surface area contributed by atoms with Gasteiger partial charge in [0.2, 0.25) is 0 Å². The third-order valence-electron chi connectivity index (χ3n) is 3.87. The predicted molar refractivity (Wildman–Crippen MR) is 94.2 cm³/mol. The van der Waals surface area contributed by atoms with E-state index in [9.17, 15) is 0 Å². The highest BCUT2D eigenvalue weighted by atomic mass is 35.7. The number of hydrogen-bond acceptors (Lipinski definition) is 2. The zero-order valence-corrected chi connectivity index (χ0v) is 16.0. The maximum absolute atomic E-state index is 6.31. The summed E-state index contributed by atoms with van der Waals surface area (Å²) in [5.74, 6) is 0.937. The van der Waals surface area contributed by atoms with Gasteiger partial charge in [-0.2, -0.15) is 0 Å². The fraction of sp³-hybridized carbons (Fsp3) is 0.647. The Morgan fingerprint density at radius 3 is 2.14 bits per heavy atom. The number of halogens is 1. The number of methoxy groups -OCH3 is 1. The lowest BCUT2D eigenvalue weighted by atomic mass is 9.81. The monoisotopic (exact) mass is 330 g/mol. The van der Waals surface area contributed by atoms with E-state index < -0.39 is 0 Å². The summed E-state index contributed by atoms with van der Waals surface area (Å²) < 4.78 is 11.1. The SMILES string of the molecule is CCC(C)(PCl)c1cc(C)cc(C(C)(C)C)c1OCOC. The predicted octanol–water partition coefficient (Wildman–Crippen LogP) is 5.73. The highest BCUT2D eigenvalue weighted by molar-refractivity contribution is 7.69. The van der Waals surface area contributed by atoms with Gasteiger partial charge in [-0.25, -0.2) is 0 Å². The van der Waals surface area contributed by atoms with Gasteiger partial charge in [-0.15, -0.1) is 0 Å². The first-order chi connectivity index (χ1) is 9.69. The minimum atomic E-state index is -0.0728. The summed E-state index contributed by atoms with van der Waals surface area (Å²) in [6.07, 6.45) is 0.978. The molecule has 0 aromatic heterocycles. The van der Waals surface area contributed by atoms with Gasteiger partial charge < -0.3 is 9.47 Å². The first-order valence-corrected chi connectivity index (χ1v) is 9.36. The molecule has 4 heteroatoms. The Balaban J connectivity index is 3.57. The second-order valence-electron chi connectivity index (χ2n) is 6.77. The number of benzene rings is 1. The molecule has 2 nitrogen and oxygen atoms in total. The zero-order chi connectivity index (χ0) is 16.3.